The predicted octanol–water partition coefficient (Wildman–Crippen LogP) is -0.667. The van der Waals surface area contributed by atoms with Crippen molar-refractivity contribution in [3.8, 4) is 0 Å². The average Bonchev–Trinajstić information content (AvgIpc) is 2.22. The van der Waals surface area contributed by atoms with Crippen LogP contribution in [0.4, 0.5) is 0 Å². The first-order chi connectivity index (χ1) is 7.36. The van der Waals surface area contributed by atoms with Gasteiger partial charge in [-0.3, -0.25) is 19.7 Å². The zero-order valence-electron chi connectivity index (χ0n) is 9.62. The number of hydrogen-bond acceptors (Lipinski definition) is 4. The van der Waals surface area contributed by atoms with E-state index in [4.69, 9.17) is 4.74 Å². The topological polar surface area (TPSA) is 84.5 Å². The Morgan fingerprint density at radius 2 is 2.12 bits per heavy atom. The highest BCUT2D eigenvalue weighted by Gasteiger charge is 2.33. The Morgan fingerprint density at radius 1 is 1.50 bits per heavy atom. The number of methoxy groups -OCH3 is 1. The van der Waals surface area contributed by atoms with Gasteiger partial charge < -0.3 is 10.1 Å². The monoisotopic (exact) mass is 228 g/mol. The predicted molar refractivity (Wildman–Crippen MR) is 55.4 cm³/mol. The Bertz CT molecular complexity index is 325. The second kappa shape index (κ2) is 4.61. The Labute approximate surface area is 93.7 Å². The van der Waals surface area contributed by atoms with Crippen molar-refractivity contribution in [2.45, 2.75) is 38.3 Å². The number of piperidine rings is 1. The summed E-state index contributed by atoms with van der Waals surface area (Å²) in [6.45, 7) is 3.21. The van der Waals surface area contributed by atoms with Crippen LogP contribution in [0.15, 0.2) is 0 Å². The molecule has 1 aliphatic rings. The third-order valence-corrected chi connectivity index (χ3v) is 2.60. The molecule has 6 nitrogen and oxygen atoms in total. The first kappa shape index (κ1) is 12.6. The molecule has 6 heteroatoms. The smallest absolute Gasteiger partial charge is 0.252 e. The van der Waals surface area contributed by atoms with E-state index in [0.29, 0.717) is 6.42 Å². The largest absolute Gasteiger partial charge is 0.369 e. The number of amides is 3. The van der Waals surface area contributed by atoms with Crippen molar-refractivity contribution >= 4 is 17.7 Å². The van der Waals surface area contributed by atoms with E-state index < -0.39 is 17.6 Å². The van der Waals surface area contributed by atoms with Crippen LogP contribution in [0.5, 0.6) is 0 Å². The highest BCUT2D eigenvalue weighted by molar-refractivity contribution is 6.02. The molecule has 1 rings (SSSR count). The van der Waals surface area contributed by atoms with Crippen LogP contribution < -0.4 is 10.6 Å². The molecule has 0 saturated carbocycles. The maximum Gasteiger partial charge on any atom is 0.252 e. The fourth-order valence-corrected chi connectivity index (χ4v) is 1.26. The van der Waals surface area contributed by atoms with Crippen LogP contribution in [0.25, 0.3) is 0 Å². The molecule has 0 aromatic heterocycles. The lowest BCUT2D eigenvalue weighted by Crippen LogP contribution is -2.56. The number of carbonyl (C=O) groups excluding carboxylic acids is 3. The Balaban J connectivity index is 2.58. The minimum atomic E-state index is -0.984. The van der Waals surface area contributed by atoms with Crippen LogP contribution in [-0.2, 0) is 19.1 Å². The molecule has 1 heterocycles. The summed E-state index contributed by atoms with van der Waals surface area (Å²) in [6, 6.07) is -0.653. The molecule has 3 amide bonds. The third-order valence-electron chi connectivity index (χ3n) is 2.60. The van der Waals surface area contributed by atoms with Crippen LogP contribution in [0.3, 0.4) is 0 Å². The van der Waals surface area contributed by atoms with Gasteiger partial charge in [-0.1, -0.05) is 0 Å². The highest BCUT2D eigenvalue weighted by atomic mass is 16.5. The van der Waals surface area contributed by atoms with E-state index in [9.17, 15) is 14.4 Å². The maximum atomic E-state index is 11.7. The van der Waals surface area contributed by atoms with Crippen LogP contribution in [0.1, 0.15) is 26.7 Å². The Morgan fingerprint density at radius 3 is 2.62 bits per heavy atom. The molecule has 1 fully saturated rings. The van der Waals surface area contributed by atoms with E-state index in [1.807, 2.05) is 0 Å². The van der Waals surface area contributed by atoms with Gasteiger partial charge in [-0.05, 0) is 20.3 Å². The molecule has 16 heavy (non-hydrogen) atoms. The molecule has 1 unspecified atom stereocenters. The Kier molecular flexibility index (Phi) is 3.64. The lowest BCUT2D eigenvalue weighted by molar-refractivity contribution is -0.144. The van der Waals surface area contributed by atoms with Crippen LogP contribution in [-0.4, -0.2) is 36.5 Å². The number of rotatable bonds is 3. The van der Waals surface area contributed by atoms with Gasteiger partial charge in [0.2, 0.25) is 11.8 Å². The fraction of sp³-hybridized carbons (Fsp3) is 0.700. The van der Waals surface area contributed by atoms with Gasteiger partial charge in [0, 0.05) is 13.5 Å². The number of hydrogen-bond donors (Lipinski definition) is 2. The van der Waals surface area contributed by atoms with E-state index >= 15 is 0 Å². The number of imide groups is 1. The van der Waals surface area contributed by atoms with Crippen molar-refractivity contribution in [1.29, 1.82) is 0 Å². The van der Waals surface area contributed by atoms with Crippen molar-refractivity contribution in [2.75, 3.05) is 7.11 Å². The van der Waals surface area contributed by atoms with Gasteiger partial charge in [-0.15, -0.1) is 0 Å². The van der Waals surface area contributed by atoms with Crippen molar-refractivity contribution in [2.24, 2.45) is 0 Å². The summed E-state index contributed by atoms with van der Waals surface area (Å²) in [5.74, 6) is -1.14. The van der Waals surface area contributed by atoms with Crippen molar-refractivity contribution in [3.05, 3.63) is 0 Å². The summed E-state index contributed by atoms with van der Waals surface area (Å²) in [5, 5.41) is 4.72. The molecule has 1 saturated heterocycles. The normalized spacial score (nSPS) is 21.6. The first-order valence-corrected chi connectivity index (χ1v) is 5.06. The van der Waals surface area contributed by atoms with E-state index in [1.165, 1.54) is 7.11 Å². The molecular formula is C10H16N2O4. The summed E-state index contributed by atoms with van der Waals surface area (Å²) in [4.78, 5) is 33.9. The molecule has 0 aliphatic carbocycles. The molecule has 0 aromatic carbocycles. The summed E-state index contributed by atoms with van der Waals surface area (Å²) in [5.41, 5.74) is -0.984. The molecule has 0 aromatic rings. The Hall–Kier alpha value is -1.43. The second-order valence-electron chi connectivity index (χ2n) is 4.19. The van der Waals surface area contributed by atoms with E-state index in [1.54, 1.807) is 13.8 Å². The highest BCUT2D eigenvalue weighted by Crippen LogP contribution is 2.10. The lowest BCUT2D eigenvalue weighted by Gasteiger charge is -2.27. The molecule has 0 spiro atoms. The summed E-state index contributed by atoms with van der Waals surface area (Å²) < 4.78 is 4.99. The maximum absolute atomic E-state index is 11.7. The minimum absolute atomic E-state index is 0.240. The van der Waals surface area contributed by atoms with E-state index in [-0.39, 0.29) is 18.2 Å². The van der Waals surface area contributed by atoms with Gasteiger partial charge in [0.05, 0.1) is 0 Å². The van der Waals surface area contributed by atoms with Gasteiger partial charge in [-0.2, -0.15) is 0 Å². The van der Waals surface area contributed by atoms with Crippen molar-refractivity contribution in [1.82, 2.24) is 10.6 Å². The van der Waals surface area contributed by atoms with Crippen molar-refractivity contribution < 1.29 is 19.1 Å². The summed E-state index contributed by atoms with van der Waals surface area (Å²) >= 11 is 0. The molecule has 1 atom stereocenters. The average molecular weight is 228 g/mol. The van der Waals surface area contributed by atoms with Crippen LogP contribution >= 0.6 is 0 Å². The SMILES string of the molecule is COC(C)(C)C(=O)NC1CCC(=O)NC1=O. The number of carbonyl (C=O) groups is 3. The lowest BCUT2D eigenvalue weighted by atomic mass is 10.0. The zero-order chi connectivity index (χ0) is 12.3. The van der Waals surface area contributed by atoms with Gasteiger partial charge in [-0.25, -0.2) is 0 Å². The first-order valence-electron chi connectivity index (χ1n) is 5.06. The van der Waals surface area contributed by atoms with Crippen molar-refractivity contribution in [3.63, 3.8) is 0 Å². The molecule has 1 aliphatic heterocycles. The number of ether oxygens (including phenoxy) is 1. The molecular weight excluding hydrogens is 212 g/mol. The van der Waals surface area contributed by atoms with Gasteiger partial charge in [0.25, 0.3) is 5.91 Å². The van der Waals surface area contributed by atoms with E-state index in [0.717, 1.165) is 0 Å². The third kappa shape index (κ3) is 2.79. The molecule has 0 bridgehead atoms. The minimum Gasteiger partial charge on any atom is -0.369 e. The summed E-state index contributed by atoms with van der Waals surface area (Å²) in [6.07, 6.45) is 0.570. The molecule has 90 valence electrons. The molecule has 0 radical (unpaired) electrons. The molecule has 2 N–H and O–H groups in total. The number of nitrogens with one attached hydrogen (secondary N) is 2. The quantitative estimate of drug-likeness (QED) is 0.628. The van der Waals surface area contributed by atoms with Gasteiger partial charge in [0.15, 0.2) is 0 Å². The van der Waals surface area contributed by atoms with Gasteiger partial charge in [0.1, 0.15) is 11.6 Å². The fourth-order valence-electron chi connectivity index (χ4n) is 1.26. The summed E-state index contributed by atoms with van der Waals surface area (Å²) in [7, 11) is 1.42. The second-order valence-corrected chi connectivity index (χ2v) is 4.19. The zero-order valence-corrected chi connectivity index (χ0v) is 9.62. The van der Waals surface area contributed by atoms with E-state index in [2.05, 4.69) is 10.6 Å². The standard InChI is InChI=1S/C10H16N2O4/c1-10(2,16-3)9(15)11-6-4-5-7(13)12-8(6)14/h6H,4-5H2,1-3H3,(H,11,15)(H,12,13,14). The van der Waals surface area contributed by atoms with Gasteiger partial charge >= 0.3 is 0 Å². The van der Waals surface area contributed by atoms with Crippen LogP contribution in [0.2, 0.25) is 0 Å². The van der Waals surface area contributed by atoms with Crippen LogP contribution in [0, 0.1) is 0 Å².